The van der Waals surface area contributed by atoms with Crippen LogP contribution in [0.1, 0.15) is 21.6 Å². The summed E-state index contributed by atoms with van der Waals surface area (Å²) >= 11 is 0. The Bertz CT molecular complexity index is 870. The molecule has 0 atom stereocenters. The Labute approximate surface area is 132 Å². The number of carboxylic acid groups (broad SMARTS) is 1. The molecule has 0 unspecified atom stereocenters. The first-order valence-corrected chi connectivity index (χ1v) is 7.06. The van der Waals surface area contributed by atoms with Crippen LogP contribution in [-0.4, -0.2) is 27.6 Å². The number of carbonyl (C=O) groups is 1. The largest absolute Gasteiger partial charge is 0.496 e. The van der Waals surface area contributed by atoms with Gasteiger partial charge in [-0.3, -0.25) is 4.40 Å². The van der Waals surface area contributed by atoms with Gasteiger partial charge in [0.2, 0.25) is 0 Å². The van der Waals surface area contributed by atoms with E-state index >= 15 is 0 Å². The molecule has 6 nitrogen and oxygen atoms in total. The molecule has 1 N–H and O–H groups in total. The van der Waals surface area contributed by atoms with Crippen molar-refractivity contribution in [3.63, 3.8) is 0 Å². The fourth-order valence-electron chi connectivity index (χ4n) is 2.43. The van der Waals surface area contributed by atoms with Gasteiger partial charge in [-0.15, -0.1) is 0 Å². The molecule has 0 fully saturated rings. The van der Waals surface area contributed by atoms with E-state index in [1.807, 2.05) is 25.1 Å². The summed E-state index contributed by atoms with van der Waals surface area (Å²) in [5, 5.41) is 9.46. The second-order valence-corrected chi connectivity index (χ2v) is 5.11. The number of hydrogen-bond donors (Lipinski definition) is 1. The molecule has 6 heteroatoms. The van der Waals surface area contributed by atoms with Gasteiger partial charge in [0, 0.05) is 18.0 Å². The first kappa shape index (κ1) is 14.9. The molecular weight excluding hydrogens is 296 g/mol. The first-order valence-electron chi connectivity index (χ1n) is 7.06. The number of methoxy groups -OCH3 is 1. The third-order valence-corrected chi connectivity index (χ3v) is 3.56. The molecule has 0 amide bonds. The topological polar surface area (TPSA) is 73.1 Å². The standard InChI is InChI=1S/C17H16N2O4/c1-11-3-4-12(14(9-11)22-2)10-23-13-5-6-15-18-7-8-19(15)16(13)17(20)21/h3-9H,10H2,1-2H3,(H,20,21). The van der Waals surface area contributed by atoms with Crippen molar-refractivity contribution < 1.29 is 19.4 Å². The zero-order valence-electron chi connectivity index (χ0n) is 12.8. The van der Waals surface area contributed by atoms with E-state index < -0.39 is 5.97 Å². The summed E-state index contributed by atoms with van der Waals surface area (Å²) in [6.45, 7) is 2.19. The minimum atomic E-state index is -1.07. The Morgan fingerprint density at radius 1 is 1.26 bits per heavy atom. The molecule has 2 aromatic heterocycles. The maximum atomic E-state index is 11.6. The highest BCUT2D eigenvalue weighted by molar-refractivity contribution is 5.89. The predicted octanol–water partition coefficient (Wildman–Crippen LogP) is 2.93. The lowest BCUT2D eigenvalue weighted by Gasteiger charge is -2.13. The van der Waals surface area contributed by atoms with Gasteiger partial charge in [-0.25, -0.2) is 9.78 Å². The van der Waals surface area contributed by atoms with E-state index in [1.165, 1.54) is 4.40 Å². The van der Waals surface area contributed by atoms with Crippen molar-refractivity contribution in [3.05, 3.63) is 59.5 Å². The zero-order chi connectivity index (χ0) is 16.4. The molecule has 0 aliphatic heterocycles. The van der Waals surface area contributed by atoms with Gasteiger partial charge in [-0.05, 0) is 30.7 Å². The SMILES string of the molecule is COc1cc(C)ccc1COc1ccc2nccn2c1C(=O)O. The summed E-state index contributed by atoms with van der Waals surface area (Å²) in [5.74, 6) is -0.0734. The van der Waals surface area contributed by atoms with Crippen LogP contribution >= 0.6 is 0 Å². The summed E-state index contributed by atoms with van der Waals surface area (Å²) in [4.78, 5) is 15.6. The number of ether oxygens (including phenoxy) is 2. The van der Waals surface area contributed by atoms with Crippen LogP contribution in [-0.2, 0) is 6.61 Å². The molecule has 23 heavy (non-hydrogen) atoms. The molecule has 2 heterocycles. The van der Waals surface area contributed by atoms with Gasteiger partial charge in [-0.1, -0.05) is 12.1 Å². The summed E-state index contributed by atoms with van der Waals surface area (Å²) in [7, 11) is 1.60. The summed E-state index contributed by atoms with van der Waals surface area (Å²) in [5.41, 5.74) is 2.53. The maximum Gasteiger partial charge on any atom is 0.356 e. The Balaban J connectivity index is 1.93. The molecule has 0 spiro atoms. The zero-order valence-corrected chi connectivity index (χ0v) is 12.8. The van der Waals surface area contributed by atoms with E-state index in [2.05, 4.69) is 4.98 Å². The lowest BCUT2D eigenvalue weighted by molar-refractivity contribution is 0.0683. The molecule has 0 saturated heterocycles. The highest BCUT2D eigenvalue weighted by atomic mass is 16.5. The van der Waals surface area contributed by atoms with Gasteiger partial charge in [0.1, 0.15) is 18.0 Å². The molecule has 3 rings (SSSR count). The Morgan fingerprint density at radius 3 is 2.83 bits per heavy atom. The summed E-state index contributed by atoms with van der Waals surface area (Å²) in [6.07, 6.45) is 3.15. The van der Waals surface area contributed by atoms with Crippen LogP contribution in [0.5, 0.6) is 11.5 Å². The van der Waals surface area contributed by atoms with E-state index in [0.717, 1.165) is 11.1 Å². The Hall–Kier alpha value is -3.02. The number of aromatic nitrogens is 2. The quantitative estimate of drug-likeness (QED) is 0.784. The van der Waals surface area contributed by atoms with E-state index in [-0.39, 0.29) is 18.1 Å². The summed E-state index contributed by atoms with van der Waals surface area (Å²) in [6, 6.07) is 9.11. The monoisotopic (exact) mass is 312 g/mol. The highest BCUT2D eigenvalue weighted by Gasteiger charge is 2.17. The van der Waals surface area contributed by atoms with Gasteiger partial charge in [0.05, 0.1) is 7.11 Å². The third-order valence-electron chi connectivity index (χ3n) is 3.56. The third kappa shape index (κ3) is 2.83. The van der Waals surface area contributed by atoms with Crippen LogP contribution in [0.2, 0.25) is 0 Å². The minimum Gasteiger partial charge on any atom is -0.496 e. The Kier molecular flexibility index (Phi) is 3.89. The van der Waals surface area contributed by atoms with E-state index in [4.69, 9.17) is 9.47 Å². The van der Waals surface area contributed by atoms with Gasteiger partial charge >= 0.3 is 5.97 Å². The molecule has 0 bridgehead atoms. The van der Waals surface area contributed by atoms with Gasteiger partial charge in [0.15, 0.2) is 11.4 Å². The number of aromatic carboxylic acids is 1. The number of fused-ring (bicyclic) bond motifs is 1. The van der Waals surface area contributed by atoms with Gasteiger partial charge in [-0.2, -0.15) is 0 Å². The summed E-state index contributed by atoms with van der Waals surface area (Å²) < 4.78 is 12.6. The lowest BCUT2D eigenvalue weighted by atomic mass is 10.1. The number of pyridine rings is 1. The average molecular weight is 312 g/mol. The molecule has 118 valence electrons. The minimum absolute atomic E-state index is 0.0473. The molecule has 0 aliphatic carbocycles. The maximum absolute atomic E-state index is 11.6. The van der Waals surface area contributed by atoms with Crippen molar-refractivity contribution in [3.8, 4) is 11.5 Å². The highest BCUT2D eigenvalue weighted by Crippen LogP contribution is 2.25. The molecule has 0 radical (unpaired) electrons. The van der Waals surface area contributed by atoms with Crippen molar-refractivity contribution in [1.29, 1.82) is 0 Å². The fourth-order valence-corrected chi connectivity index (χ4v) is 2.43. The average Bonchev–Trinajstić information content (AvgIpc) is 3.01. The predicted molar refractivity (Wildman–Crippen MR) is 84.2 cm³/mol. The van der Waals surface area contributed by atoms with E-state index in [1.54, 1.807) is 31.6 Å². The Morgan fingerprint density at radius 2 is 2.09 bits per heavy atom. The normalized spacial score (nSPS) is 10.7. The van der Waals surface area contributed by atoms with Gasteiger partial charge in [0.25, 0.3) is 0 Å². The van der Waals surface area contributed by atoms with E-state index in [9.17, 15) is 9.90 Å². The number of imidazole rings is 1. The lowest BCUT2D eigenvalue weighted by Crippen LogP contribution is -2.09. The number of rotatable bonds is 5. The van der Waals surface area contributed by atoms with Gasteiger partial charge < -0.3 is 14.6 Å². The van der Waals surface area contributed by atoms with Crippen molar-refractivity contribution >= 4 is 11.6 Å². The number of nitrogens with zero attached hydrogens (tertiary/aromatic N) is 2. The number of carboxylic acids is 1. The van der Waals surface area contributed by atoms with Crippen molar-refractivity contribution in [2.24, 2.45) is 0 Å². The molecular formula is C17H16N2O4. The van der Waals surface area contributed by atoms with Crippen molar-refractivity contribution in [2.45, 2.75) is 13.5 Å². The number of hydrogen-bond acceptors (Lipinski definition) is 4. The van der Waals surface area contributed by atoms with Crippen LogP contribution in [0.25, 0.3) is 5.65 Å². The van der Waals surface area contributed by atoms with Crippen molar-refractivity contribution in [2.75, 3.05) is 7.11 Å². The van der Waals surface area contributed by atoms with Crippen molar-refractivity contribution in [1.82, 2.24) is 9.38 Å². The van der Waals surface area contributed by atoms with Crippen LogP contribution in [0.4, 0.5) is 0 Å². The fraction of sp³-hybridized carbons (Fsp3) is 0.176. The molecule has 0 aliphatic rings. The molecule has 1 aromatic carbocycles. The van der Waals surface area contributed by atoms with Crippen LogP contribution in [0.3, 0.4) is 0 Å². The number of benzene rings is 1. The van der Waals surface area contributed by atoms with Crippen LogP contribution < -0.4 is 9.47 Å². The van der Waals surface area contributed by atoms with Crippen LogP contribution in [0.15, 0.2) is 42.7 Å². The van der Waals surface area contributed by atoms with Crippen LogP contribution in [0, 0.1) is 6.92 Å². The smallest absolute Gasteiger partial charge is 0.356 e. The number of aryl methyl sites for hydroxylation is 1. The first-order chi connectivity index (χ1) is 11.1. The second-order valence-electron chi connectivity index (χ2n) is 5.11. The molecule has 3 aromatic rings. The molecule has 0 saturated carbocycles. The second kappa shape index (κ2) is 6.00. The van der Waals surface area contributed by atoms with E-state index in [0.29, 0.717) is 11.4 Å².